The zero-order valence-electron chi connectivity index (χ0n) is 14.5. The highest BCUT2D eigenvalue weighted by atomic mass is 16.1. The zero-order valence-corrected chi connectivity index (χ0v) is 14.5. The summed E-state index contributed by atoms with van der Waals surface area (Å²) >= 11 is 0. The quantitative estimate of drug-likeness (QED) is 0.620. The Labute approximate surface area is 150 Å². The molecule has 0 aliphatic rings. The van der Waals surface area contributed by atoms with E-state index in [0.29, 0.717) is 11.3 Å². The number of aromatic nitrogens is 4. The molecule has 0 spiro atoms. The summed E-state index contributed by atoms with van der Waals surface area (Å²) in [7, 11) is 1.61. The van der Waals surface area contributed by atoms with Gasteiger partial charge in [-0.05, 0) is 37.3 Å². The minimum atomic E-state index is -0.179. The largest absolute Gasteiger partial charge is 0.354 e. The van der Waals surface area contributed by atoms with E-state index in [1.807, 2.05) is 55.6 Å². The van der Waals surface area contributed by atoms with E-state index in [1.54, 1.807) is 23.8 Å². The Balaban J connectivity index is 1.90. The number of nitrogens with zero attached hydrogens (tertiary/aromatic N) is 4. The number of pyridine rings is 3. The van der Waals surface area contributed by atoms with Gasteiger partial charge in [-0.2, -0.15) is 0 Å². The van der Waals surface area contributed by atoms with E-state index in [9.17, 15) is 4.79 Å². The fourth-order valence-electron chi connectivity index (χ4n) is 2.95. The predicted octanol–water partition coefficient (Wildman–Crippen LogP) is 3.13. The predicted molar refractivity (Wildman–Crippen MR) is 99.8 cm³/mol. The van der Waals surface area contributed by atoms with Crippen LogP contribution in [0.15, 0.2) is 61.1 Å². The maximum absolute atomic E-state index is 12.1. The molecule has 1 amide bonds. The average Bonchev–Trinajstić information content (AvgIpc) is 3.10. The third kappa shape index (κ3) is 2.71. The standard InChI is InChI=1S/C20H17N5O/c1-13-5-3-7-16(24-13)19-15(6-4-10-22-19)14-8-9-18-23-11-17(20(26)21-2)25(18)12-14/h3-12H,1-2H3,(H,21,26). The summed E-state index contributed by atoms with van der Waals surface area (Å²) < 4.78 is 1.79. The van der Waals surface area contributed by atoms with Gasteiger partial charge in [0.15, 0.2) is 0 Å². The summed E-state index contributed by atoms with van der Waals surface area (Å²) in [5.74, 6) is -0.179. The van der Waals surface area contributed by atoms with Crippen molar-refractivity contribution < 1.29 is 4.79 Å². The van der Waals surface area contributed by atoms with Crippen LogP contribution in [-0.4, -0.2) is 32.3 Å². The Bertz CT molecular complexity index is 1120. The Morgan fingerprint density at radius 2 is 1.96 bits per heavy atom. The molecule has 4 aromatic rings. The van der Waals surface area contributed by atoms with E-state index in [2.05, 4.69) is 20.3 Å². The van der Waals surface area contributed by atoms with Crippen molar-refractivity contribution in [1.82, 2.24) is 24.7 Å². The van der Waals surface area contributed by atoms with Crippen molar-refractivity contribution in [2.24, 2.45) is 0 Å². The number of nitrogens with one attached hydrogen (secondary N) is 1. The lowest BCUT2D eigenvalue weighted by Gasteiger charge is -2.10. The summed E-state index contributed by atoms with van der Waals surface area (Å²) in [6.45, 7) is 1.96. The Morgan fingerprint density at radius 1 is 1.08 bits per heavy atom. The molecule has 6 heteroatoms. The molecule has 0 aliphatic carbocycles. The molecule has 0 unspecified atom stereocenters. The van der Waals surface area contributed by atoms with Crippen molar-refractivity contribution in [3.05, 3.63) is 72.4 Å². The van der Waals surface area contributed by atoms with Gasteiger partial charge in [-0.15, -0.1) is 0 Å². The minimum Gasteiger partial charge on any atom is -0.354 e. The van der Waals surface area contributed by atoms with Gasteiger partial charge < -0.3 is 5.32 Å². The van der Waals surface area contributed by atoms with E-state index < -0.39 is 0 Å². The monoisotopic (exact) mass is 343 g/mol. The number of hydrogen-bond donors (Lipinski definition) is 1. The van der Waals surface area contributed by atoms with Crippen molar-refractivity contribution in [2.45, 2.75) is 6.92 Å². The molecular weight excluding hydrogens is 326 g/mol. The summed E-state index contributed by atoms with van der Waals surface area (Å²) in [5, 5.41) is 2.64. The fourth-order valence-corrected chi connectivity index (χ4v) is 2.95. The number of imidazole rings is 1. The molecule has 0 aromatic carbocycles. The molecule has 4 rings (SSSR count). The third-order valence-electron chi connectivity index (χ3n) is 4.21. The number of aryl methyl sites for hydroxylation is 1. The molecule has 4 heterocycles. The summed E-state index contributed by atoms with van der Waals surface area (Å²) in [6, 6.07) is 13.6. The van der Waals surface area contributed by atoms with Gasteiger partial charge in [0.05, 0.1) is 17.6 Å². The second-order valence-electron chi connectivity index (χ2n) is 5.93. The zero-order chi connectivity index (χ0) is 18.1. The molecular formula is C20H17N5O. The van der Waals surface area contributed by atoms with Crippen molar-refractivity contribution in [1.29, 1.82) is 0 Å². The maximum atomic E-state index is 12.1. The van der Waals surface area contributed by atoms with E-state index in [4.69, 9.17) is 0 Å². The number of hydrogen-bond acceptors (Lipinski definition) is 4. The van der Waals surface area contributed by atoms with E-state index in [0.717, 1.165) is 28.2 Å². The molecule has 6 nitrogen and oxygen atoms in total. The number of amides is 1. The van der Waals surface area contributed by atoms with Crippen LogP contribution in [0.4, 0.5) is 0 Å². The first-order valence-electron chi connectivity index (χ1n) is 8.26. The van der Waals surface area contributed by atoms with Gasteiger partial charge >= 0.3 is 0 Å². The van der Waals surface area contributed by atoms with Gasteiger partial charge in [0.25, 0.3) is 5.91 Å². The van der Waals surface area contributed by atoms with Gasteiger partial charge in [-0.25, -0.2) is 4.98 Å². The normalized spacial score (nSPS) is 10.8. The van der Waals surface area contributed by atoms with Crippen LogP contribution in [0.3, 0.4) is 0 Å². The fraction of sp³-hybridized carbons (Fsp3) is 0.100. The second-order valence-corrected chi connectivity index (χ2v) is 5.93. The van der Waals surface area contributed by atoms with Crippen LogP contribution in [0.5, 0.6) is 0 Å². The molecule has 0 atom stereocenters. The van der Waals surface area contributed by atoms with Gasteiger partial charge in [0.2, 0.25) is 0 Å². The summed E-state index contributed by atoms with van der Waals surface area (Å²) in [6.07, 6.45) is 5.24. The summed E-state index contributed by atoms with van der Waals surface area (Å²) in [4.78, 5) is 25.5. The van der Waals surface area contributed by atoms with Gasteiger partial charge in [0.1, 0.15) is 11.3 Å². The summed E-state index contributed by atoms with van der Waals surface area (Å²) in [5.41, 5.74) is 5.65. The van der Waals surface area contributed by atoms with Gasteiger partial charge in [-0.1, -0.05) is 12.1 Å². The molecule has 0 radical (unpaired) electrons. The minimum absolute atomic E-state index is 0.179. The molecule has 0 saturated carbocycles. The lowest BCUT2D eigenvalue weighted by Crippen LogP contribution is -2.19. The van der Waals surface area contributed by atoms with Crippen LogP contribution in [0, 0.1) is 6.92 Å². The SMILES string of the molecule is CNC(=O)c1cnc2ccc(-c3cccnc3-c3cccc(C)n3)cn12. The lowest BCUT2D eigenvalue weighted by atomic mass is 10.0. The number of carbonyl (C=O) groups excluding carboxylic acids is 1. The Hall–Kier alpha value is -3.54. The maximum Gasteiger partial charge on any atom is 0.269 e. The average molecular weight is 343 g/mol. The van der Waals surface area contributed by atoms with Gasteiger partial charge in [-0.3, -0.25) is 19.2 Å². The second kappa shape index (κ2) is 6.40. The smallest absolute Gasteiger partial charge is 0.269 e. The lowest BCUT2D eigenvalue weighted by molar-refractivity contribution is 0.0957. The van der Waals surface area contributed by atoms with E-state index in [-0.39, 0.29) is 5.91 Å². The first-order valence-corrected chi connectivity index (χ1v) is 8.26. The van der Waals surface area contributed by atoms with Crippen molar-refractivity contribution >= 4 is 11.6 Å². The topological polar surface area (TPSA) is 72.2 Å². The van der Waals surface area contributed by atoms with Crippen molar-refractivity contribution in [3.8, 4) is 22.5 Å². The molecule has 0 fully saturated rings. The van der Waals surface area contributed by atoms with E-state index >= 15 is 0 Å². The van der Waals surface area contributed by atoms with Crippen LogP contribution in [0.2, 0.25) is 0 Å². The molecule has 0 aliphatic heterocycles. The Kier molecular flexibility index (Phi) is 3.93. The molecule has 4 aromatic heterocycles. The molecule has 128 valence electrons. The number of fused-ring (bicyclic) bond motifs is 1. The van der Waals surface area contributed by atoms with Gasteiger partial charge in [0, 0.05) is 36.3 Å². The first-order chi connectivity index (χ1) is 12.7. The highest BCUT2D eigenvalue weighted by Gasteiger charge is 2.14. The van der Waals surface area contributed by atoms with Crippen molar-refractivity contribution in [3.63, 3.8) is 0 Å². The molecule has 0 bridgehead atoms. The molecule has 0 saturated heterocycles. The molecule has 26 heavy (non-hydrogen) atoms. The van der Waals surface area contributed by atoms with Crippen LogP contribution >= 0.6 is 0 Å². The van der Waals surface area contributed by atoms with E-state index in [1.165, 1.54) is 0 Å². The van der Waals surface area contributed by atoms with Crippen LogP contribution in [0.1, 0.15) is 16.2 Å². The van der Waals surface area contributed by atoms with Crippen LogP contribution in [0.25, 0.3) is 28.2 Å². The van der Waals surface area contributed by atoms with Crippen LogP contribution in [-0.2, 0) is 0 Å². The number of carbonyl (C=O) groups is 1. The number of rotatable bonds is 3. The van der Waals surface area contributed by atoms with Crippen molar-refractivity contribution in [2.75, 3.05) is 7.05 Å². The van der Waals surface area contributed by atoms with Crippen LogP contribution < -0.4 is 5.32 Å². The molecule has 1 N–H and O–H groups in total. The third-order valence-corrected chi connectivity index (χ3v) is 4.21. The Morgan fingerprint density at radius 3 is 2.77 bits per heavy atom. The highest BCUT2D eigenvalue weighted by molar-refractivity contribution is 5.93. The highest BCUT2D eigenvalue weighted by Crippen LogP contribution is 2.29. The first kappa shape index (κ1) is 16.0.